The van der Waals surface area contributed by atoms with Gasteiger partial charge in [0.25, 0.3) is 5.88 Å². The van der Waals surface area contributed by atoms with Crippen LogP contribution in [0, 0.1) is 0 Å². The number of oxazole rings is 1. The topological polar surface area (TPSA) is 49.5 Å². The second-order valence-corrected chi connectivity index (χ2v) is 2.96. The summed E-state index contributed by atoms with van der Waals surface area (Å²) in [6.45, 7) is 0.746. The van der Waals surface area contributed by atoms with Crippen molar-refractivity contribution in [2.45, 2.75) is 0 Å². The molecule has 0 amide bonds. The van der Waals surface area contributed by atoms with Crippen LogP contribution in [0.1, 0.15) is 5.89 Å². The van der Waals surface area contributed by atoms with Gasteiger partial charge in [-0.2, -0.15) is 4.98 Å². The van der Waals surface area contributed by atoms with Crippen molar-refractivity contribution >= 4 is 5.57 Å². The summed E-state index contributed by atoms with van der Waals surface area (Å²) in [6.07, 6.45) is 7.03. The van der Waals surface area contributed by atoms with E-state index in [9.17, 15) is 0 Å². The molecule has 0 aliphatic carbocycles. The van der Waals surface area contributed by atoms with Gasteiger partial charge in [0, 0.05) is 19.2 Å². The number of aromatic hydroxyl groups is 1. The Balaban J connectivity index is 2.27. The largest absolute Gasteiger partial charge is 0.491 e. The molecule has 1 aromatic rings. The van der Waals surface area contributed by atoms with Crippen LogP contribution in [-0.4, -0.2) is 28.6 Å². The standard InChI is InChI=1S/C9H10N2O2/c1-11-4-2-3-7(5-11)9-10-8(12)6-13-9/h2-4,6,12H,5H2,1H3. The zero-order valence-electron chi connectivity index (χ0n) is 7.27. The van der Waals surface area contributed by atoms with Crippen LogP contribution in [0.15, 0.2) is 29.0 Å². The summed E-state index contributed by atoms with van der Waals surface area (Å²) in [5.41, 5.74) is 0.963. The number of allylic oxidation sites excluding steroid dienone is 2. The molecule has 2 heterocycles. The molecule has 1 aliphatic rings. The molecule has 2 rings (SSSR count). The van der Waals surface area contributed by atoms with Crippen molar-refractivity contribution in [3.8, 4) is 5.88 Å². The molecule has 0 radical (unpaired) electrons. The minimum absolute atomic E-state index is 0.0758. The minimum Gasteiger partial charge on any atom is -0.491 e. The molecule has 0 fully saturated rings. The Kier molecular flexibility index (Phi) is 1.81. The van der Waals surface area contributed by atoms with Gasteiger partial charge in [0.15, 0.2) is 6.26 Å². The van der Waals surface area contributed by atoms with Crippen molar-refractivity contribution < 1.29 is 9.52 Å². The summed E-state index contributed by atoms with van der Waals surface area (Å²) in [5, 5.41) is 8.99. The lowest BCUT2D eigenvalue weighted by Crippen LogP contribution is -2.16. The molecule has 13 heavy (non-hydrogen) atoms. The maximum Gasteiger partial charge on any atom is 0.250 e. The van der Waals surface area contributed by atoms with E-state index in [1.807, 2.05) is 30.3 Å². The summed E-state index contributed by atoms with van der Waals surface area (Å²) in [4.78, 5) is 5.84. The highest BCUT2D eigenvalue weighted by molar-refractivity contribution is 5.63. The van der Waals surface area contributed by atoms with Crippen molar-refractivity contribution in [2.75, 3.05) is 13.6 Å². The molecule has 4 nitrogen and oxygen atoms in total. The molecule has 1 aromatic heterocycles. The third-order valence-corrected chi connectivity index (χ3v) is 1.82. The van der Waals surface area contributed by atoms with E-state index < -0.39 is 0 Å². The van der Waals surface area contributed by atoms with E-state index in [-0.39, 0.29) is 5.88 Å². The van der Waals surface area contributed by atoms with Gasteiger partial charge < -0.3 is 14.4 Å². The number of hydrogen-bond donors (Lipinski definition) is 1. The van der Waals surface area contributed by atoms with Crippen LogP contribution in [0.3, 0.4) is 0 Å². The average Bonchev–Trinajstić information content (AvgIpc) is 2.52. The smallest absolute Gasteiger partial charge is 0.250 e. The van der Waals surface area contributed by atoms with Gasteiger partial charge in [0.05, 0.1) is 0 Å². The van der Waals surface area contributed by atoms with Gasteiger partial charge in [-0.3, -0.25) is 0 Å². The van der Waals surface area contributed by atoms with Crippen LogP contribution in [0.25, 0.3) is 5.57 Å². The van der Waals surface area contributed by atoms with Gasteiger partial charge in [-0.05, 0) is 12.3 Å². The molecule has 1 N–H and O–H groups in total. The zero-order valence-corrected chi connectivity index (χ0v) is 7.27. The third kappa shape index (κ3) is 1.56. The first kappa shape index (κ1) is 7.91. The maximum absolute atomic E-state index is 8.99. The van der Waals surface area contributed by atoms with Crippen LogP contribution in [-0.2, 0) is 0 Å². The third-order valence-electron chi connectivity index (χ3n) is 1.82. The molecule has 0 saturated carbocycles. The number of hydrogen-bond acceptors (Lipinski definition) is 4. The highest BCUT2D eigenvalue weighted by Crippen LogP contribution is 2.19. The minimum atomic E-state index is -0.0758. The fourth-order valence-electron chi connectivity index (χ4n) is 1.23. The van der Waals surface area contributed by atoms with E-state index >= 15 is 0 Å². The molecule has 0 aromatic carbocycles. The molecular formula is C9H10N2O2. The van der Waals surface area contributed by atoms with Crippen molar-refractivity contribution in [3.63, 3.8) is 0 Å². The number of nitrogens with zero attached hydrogens (tertiary/aromatic N) is 2. The molecule has 0 saturated heterocycles. The van der Waals surface area contributed by atoms with Crippen LogP contribution in [0.5, 0.6) is 5.88 Å². The van der Waals surface area contributed by atoms with E-state index in [4.69, 9.17) is 9.52 Å². The summed E-state index contributed by atoms with van der Waals surface area (Å²) in [6, 6.07) is 0. The Bertz CT molecular complexity index is 365. The van der Waals surface area contributed by atoms with Gasteiger partial charge >= 0.3 is 0 Å². The van der Waals surface area contributed by atoms with Crippen LogP contribution >= 0.6 is 0 Å². The van der Waals surface area contributed by atoms with Crippen molar-refractivity contribution in [1.82, 2.24) is 9.88 Å². The quantitative estimate of drug-likeness (QED) is 0.702. The van der Waals surface area contributed by atoms with Crippen LogP contribution in [0.2, 0.25) is 0 Å². The van der Waals surface area contributed by atoms with Gasteiger partial charge in [-0.1, -0.05) is 6.08 Å². The molecule has 0 spiro atoms. The van der Waals surface area contributed by atoms with E-state index in [1.165, 1.54) is 6.26 Å². The van der Waals surface area contributed by atoms with Crippen molar-refractivity contribution in [3.05, 3.63) is 30.5 Å². The van der Waals surface area contributed by atoms with Crippen LogP contribution < -0.4 is 0 Å². The Morgan fingerprint density at radius 1 is 1.62 bits per heavy atom. The SMILES string of the molecule is CN1C=CC=C(c2nc(O)co2)C1. The molecular weight excluding hydrogens is 168 g/mol. The number of likely N-dealkylation sites (N-methyl/N-ethyl adjacent to an activating group) is 1. The van der Waals surface area contributed by atoms with E-state index in [2.05, 4.69) is 4.98 Å². The average molecular weight is 178 g/mol. The monoisotopic (exact) mass is 178 g/mol. The number of rotatable bonds is 1. The van der Waals surface area contributed by atoms with Crippen LogP contribution in [0.4, 0.5) is 0 Å². The summed E-state index contributed by atoms with van der Waals surface area (Å²) in [7, 11) is 1.96. The lowest BCUT2D eigenvalue weighted by molar-refractivity contribution is 0.447. The summed E-state index contributed by atoms with van der Waals surface area (Å²) >= 11 is 0. The maximum atomic E-state index is 8.99. The van der Waals surface area contributed by atoms with Crippen molar-refractivity contribution in [1.29, 1.82) is 0 Å². The normalized spacial score (nSPS) is 16.1. The Morgan fingerprint density at radius 3 is 3.08 bits per heavy atom. The molecule has 1 aliphatic heterocycles. The van der Waals surface area contributed by atoms with Gasteiger partial charge in [0.1, 0.15) is 0 Å². The first-order chi connectivity index (χ1) is 6.25. The predicted molar refractivity (Wildman–Crippen MR) is 47.9 cm³/mol. The fraction of sp³-hybridized carbons (Fsp3) is 0.222. The highest BCUT2D eigenvalue weighted by Gasteiger charge is 2.11. The number of aromatic nitrogens is 1. The second-order valence-electron chi connectivity index (χ2n) is 2.96. The highest BCUT2D eigenvalue weighted by atomic mass is 16.4. The Hall–Kier alpha value is -1.71. The van der Waals surface area contributed by atoms with Crippen molar-refractivity contribution in [2.24, 2.45) is 0 Å². The first-order valence-electron chi connectivity index (χ1n) is 3.98. The van der Waals surface area contributed by atoms with Gasteiger partial charge in [0.2, 0.25) is 5.89 Å². The van der Waals surface area contributed by atoms with Gasteiger partial charge in [-0.15, -0.1) is 0 Å². The van der Waals surface area contributed by atoms with E-state index in [1.54, 1.807) is 0 Å². The summed E-state index contributed by atoms with van der Waals surface area (Å²) < 4.78 is 5.06. The van der Waals surface area contributed by atoms with E-state index in [0.29, 0.717) is 5.89 Å². The lowest BCUT2D eigenvalue weighted by Gasteiger charge is -2.17. The Morgan fingerprint density at radius 2 is 2.46 bits per heavy atom. The predicted octanol–water partition coefficient (Wildman–Crippen LogP) is 1.22. The lowest BCUT2D eigenvalue weighted by atomic mass is 10.2. The fourth-order valence-corrected chi connectivity index (χ4v) is 1.23. The molecule has 0 bridgehead atoms. The zero-order chi connectivity index (χ0) is 9.26. The Labute approximate surface area is 75.8 Å². The molecule has 4 heteroatoms. The second kappa shape index (κ2) is 2.97. The van der Waals surface area contributed by atoms with E-state index in [0.717, 1.165) is 12.1 Å². The molecule has 0 atom stereocenters. The summed E-state index contributed by atoms with van der Waals surface area (Å²) in [5.74, 6) is 0.404. The first-order valence-corrected chi connectivity index (χ1v) is 3.98. The van der Waals surface area contributed by atoms with Gasteiger partial charge in [-0.25, -0.2) is 0 Å². The molecule has 0 unspecified atom stereocenters. The molecule has 68 valence electrons.